The molecule has 1 aliphatic heterocycles. The summed E-state index contributed by atoms with van der Waals surface area (Å²) in [7, 11) is 3.11. The smallest absolute Gasteiger partial charge is 0.256 e. The lowest BCUT2D eigenvalue weighted by molar-refractivity contribution is -0.125. The fourth-order valence-electron chi connectivity index (χ4n) is 3.90. The van der Waals surface area contributed by atoms with Crippen LogP contribution >= 0.6 is 11.8 Å². The van der Waals surface area contributed by atoms with E-state index in [1.807, 2.05) is 62.4 Å². The zero-order valence-corrected chi connectivity index (χ0v) is 20.6. The fourth-order valence-corrected chi connectivity index (χ4v) is 5.11. The maximum absolute atomic E-state index is 13.8. The summed E-state index contributed by atoms with van der Waals surface area (Å²) < 4.78 is 10.7. The molecule has 34 heavy (non-hydrogen) atoms. The van der Waals surface area contributed by atoms with Crippen LogP contribution in [0.5, 0.6) is 11.5 Å². The summed E-state index contributed by atoms with van der Waals surface area (Å²) in [4.78, 5) is 30.1. The predicted octanol–water partition coefficient (Wildman–Crippen LogP) is 5.16. The second-order valence-electron chi connectivity index (χ2n) is 8.46. The Morgan fingerprint density at radius 3 is 2.50 bits per heavy atom. The average molecular weight is 477 g/mol. The number of anilines is 1. The standard InChI is InChI=1S/C27H28N2O4S/c1-18-9-11-19(12-10-18)16-29-25(30)21-7-5-6-8-24(21)34-17-27(29,2)26(31)28-22-14-13-20(32-3)15-23(22)33-4/h5-15H,16-17H2,1-4H3,(H,28,31)/t27-/m1/s1. The van der Waals surface area contributed by atoms with Crippen molar-refractivity contribution < 1.29 is 19.1 Å². The normalized spacial score (nSPS) is 17.5. The summed E-state index contributed by atoms with van der Waals surface area (Å²) in [5.41, 5.74) is 2.11. The number of thioether (sulfide) groups is 1. The molecule has 7 heteroatoms. The van der Waals surface area contributed by atoms with Crippen LogP contribution in [0.1, 0.15) is 28.4 Å². The monoisotopic (exact) mass is 476 g/mol. The first kappa shape index (κ1) is 23.7. The number of carbonyl (C=O) groups is 2. The zero-order valence-electron chi connectivity index (χ0n) is 19.8. The lowest BCUT2D eigenvalue weighted by Crippen LogP contribution is -2.57. The molecule has 1 aliphatic rings. The Balaban J connectivity index is 1.72. The molecule has 4 rings (SSSR count). The van der Waals surface area contributed by atoms with Crippen molar-refractivity contribution >= 4 is 29.3 Å². The summed E-state index contributed by atoms with van der Waals surface area (Å²) in [5, 5.41) is 3.00. The number of nitrogens with zero attached hydrogens (tertiary/aromatic N) is 1. The number of hydrogen-bond donors (Lipinski definition) is 1. The highest BCUT2D eigenvalue weighted by Gasteiger charge is 2.45. The Morgan fingerprint density at radius 2 is 1.79 bits per heavy atom. The van der Waals surface area contributed by atoms with Crippen molar-refractivity contribution in [2.75, 3.05) is 25.3 Å². The number of ether oxygens (including phenoxy) is 2. The number of amides is 2. The largest absolute Gasteiger partial charge is 0.497 e. The Morgan fingerprint density at radius 1 is 1.06 bits per heavy atom. The first-order valence-corrected chi connectivity index (χ1v) is 12.0. The van der Waals surface area contributed by atoms with E-state index in [1.54, 1.807) is 30.2 Å². The van der Waals surface area contributed by atoms with Crippen molar-refractivity contribution in [3.8, 4) is 11.5 Å². The Kier molecular flexibility index (Phi) is 6.84. The van der Waals surface area contributed by atoms with E-state index in [0.717, 1.165) is 16.0 Å². The minimum atomic E-state index is -1.11. The summed E-state index contributed by atoms with van der Waals surface area (Å²) >= 11 is 1.52. The molecule has 1 N–H and O–H groups in total. The number of aryl methyl sites for hydroxylation is 1. The molecule has 1 heterocycles. The van der Waals surface area contributed by atoms with Gasteiger partial charge in [0.2, 0.25) is 0 Å². The number of methoxy groups -OCH3 is 2. The van der Waals surface area contributed by atoms with Gasteiger partial charge >= 0.3 is 0 Å². The third kappa shape index (κ3) is 4.61. The Hall–Kier alpha value is -3.45. The van der Waals surface area contributed by atoms with Crippen LogP contribution in [0.15, 0.2) is 71.6 Å². The first-order chi connectivity index (χ1) is 16.4. The third-order valence-electron chi connectivity index (χ3n) is 6.07. The van der Waals surface area contributed by atoms with E-state index in [1.165, 1.54) is 18.9 Å². The van der Waals surface area contributed by atoms with E-state index in [0.29, 0.717) is 35.0 Å². The van der Waals surface area contributed by atoms with Gasteiger partial charge in [0, 0.05) is 23.3 Å². The molecule has 0 aliphatic carbocycles. The van der Waals surface area contributed by atoms with Crippen molar-refractivity contribution in [1.82, 2.24) is 4.90 Å². The molecule has 2 amide bonds. The van der Waals surface area contributed by atoms with E-state index in [9.17, 15) is 9.59 Å². The van der Waals surface area contributed by atoms with Crippen molar-refractivity contribution in [2.24, 2.45) is 0 Å². The molecule has 3 aromatic rings. The molecule has 0 aromatic heterocycles. The maximum Gasteiger partial charge on any atom is 0.256 e. The van der Waals surface area contributed by atoms with E-state index in [2.05, 4.69) is 5.32 Å². The minimum Gasteiger partial charge on any atom is -0.497 e. The third-order valence-corrected chi connectivity index (χ3v) is 7.45. The first-order valence-electron chi connectivity index (χ1n) is 11.0. The van der Waals surface area contributed by atoms with E-state index < -0.39 is 5.54 Å². The molecule has 0 spiro atoms. The second kappa shape index (κ2) is 9.81. The topological polar surface area (TPSA) is 67.9 Å². The highest BCUT2D eigenvalue weighted by molar-refractivity contribution is 7.99. The van der Waals surface area contributed by atoms with Crippen molar-refractivity contribution in [3.63, 3.8) is 0 Å². The van der Waals surface area contributed by atoms with Gasteiger partial charge < -0.3 is 19.7 Å². The van der Waals surface area contributed by atoms with Crippen LogP contribution in [0.2, 0.25) is 0 Å². The average Bonchev–Trinajstić information content (AvgIpc) is 2.96. The molecule has 1 atom stereocenters. The number of benzene rings is 3. The SMILES string of the molecule is COc1ccc(NC(=O)[C@@]2(C)CSc3ccccc3C(=O)N2Cc2ccc(C)cc2)c(OC)c1. The van der Waals surface area contributed by atoms with Gasteiger partial charge in [0.05, 0.1) is 25.5 Å². The quantitative estimate of drug-likeness (QED) is 0.532. The molecule has 0 bridgehead atoms. The van der Waals surface area contributed by atoms with Gasteiger partial charge in [-0.2, -0.15) is 0 Å². The maximum atomic E-state index is 13.8. The van der Waals surface area contributed by atoms with Crippen molar-refractivity contribution in [2.45, 2.75) is 30.8 Å². The van der Waals surface area contributed by atoms with Gasteiger partial charge in [0.15, 0.2) is 0 Å². The van der Waals surface area contributed by atoms with Gasteiger partial charge in [0.1, 0.15) is 17.0 Å². The van der Waals surface area contributed by atoms with Gasteiger partial charge in [0.25, 0.3) is 11.8 Å². The van der Waals surface area contributed by atoms with Gasteiger partial charge in [-0.15, -0.1) is 11.8 Å². The highest BCUT2D eigenvalue weighted by atomic mass is 32.2. The molecule has 6 nitrogen and oxygen atoms in total. The number of nitrogens with one attached hydrogen (secondary N) is 1. The van der Waals surface area contributed by atoms with Crippen LogP contribution in [0.4, 0.5) is 5.69 Å². The highest BCUT2D eigenvalue weighted by Crippen LogP contribution is 2.38. The number of hydrogen-bond acceptors (Lipinski definition) is 5. The van der Waals surface area contributed by atoms with Crippen molar-refractivity contribution in [3.05, 3.63) is 83.4 Å². The molecule has 0 saturated carbocycles. The zero-order chi connectivity index (χ0) is 24.3. The van der Waals surface area contributed by atoms with Gasteiger partial charge in [-0.1, -0.05) is 42.0 Å². The van der Waals surface area contributed by atoms with E-state index in [-0.39, 0.29) is 11.8 Å². The number of fused-ring (bicyclic) bond motifs is 1. The molecule has 0 radical (unpaired) electrons. The Bertz CT molecular complexity index is 1210. The van der Waals surface area contributed by atoms with Crippen LogP contribution in [0.3, 0.4) is 0 Å². The van der Waals surface area contributed by atoms with Gasteiger partial charge in [-0.25, -0.2) is 0 Å². The predicted molar refractivity (Wildman–Crippen MR) is 135 cm³/mol. The second-order valence-corrected chi connectivity index (χ2v) is 9.47. The van der Waals surface area contributed by atoms with Gasteiger partial charge in [-0.3, -0.25) is 9.59 Å². The van der Waals surface area contributed by atoms with Crippen molar-refractivity contribution in [1.29, 1.82) is 0 Å². The minimum absolute atomic E-state index is 0.166. The fraction of sp³-hybridized carbons (Fsp3) is 0.259. The molecule has 3 aromatic carbocycles. The summed E-state index contributed by atoms with van der Waals surface area (Å²) in [5.74, 6) is 1.07. The lowest BCUT2D eigenvalue weighted by atomic mass is 9.97. The number of rotatable bonds is 6. The Labute approximate surface area is 204 Å². The van der Waals surface area contributed by atoms with Crippen LogP contribution in [0.25, 0.3) is 0 Å². The molecule has 0 saturated heterocycles. The van der Waals surface area contributed by atoms with Crippen LogP contribution in [-0.2, 0) is 11.3 Å². The summed E-state index contributed by atoms with van der Waals surface area (Å²) in [6, 6.07) is 20.7. The molecule has 0 fully saturated rings. The summed E-state index contributed by atoms with van der Waals surface area (Å²) in [6.45, 7) is 4.16. The van der Waals surface area contributed by atoms with Gasteiger partial charge in [-0.05, 0) is 43.7 Å². The molecule has 176 valence electrons. The molecular formula is C27H28N2O4S. The molecular weight excluding hydrogens is 448 g/mol. The lowest BCUT2D eigenvalue weighted by Gasteiger charge is -2.38. The summed E-state index contributed by atoms with van der Waals surface area (Å²) in [6.07, 6.45) is 0. The van der Waals surface area contributed by atoms with Crippen LogP contribution in [0, 0.1) is 6.92 Å². The molecule has 0 unspecified atom stereocenters. The number of carbonyl (C=O) groups excluding carboxylic acids is 2. The van der Waals surface area contributed by atoms with Crippen LogP contribution in [-0.4, -0.2) is 42.2 Å². The van der Waals surface area contributed by atoms with E-state index in [4.69, 9.17) is 9.47 Å². The van der Waals surface area contributed by atoms with E-state index >= 15 is 0 Å². The van der Waals surface area contributed by atoms with Crippen LogP contribution < -0.4 is 14.8 Å².